The highest BCUT2D eigenvalue weighted by atomic mass is 35.5. The van der Waals surface area contributed by atoms with E-state index in [4.69, 9.17) is 23.2 Å². The molecular weight excluding hydrogens is 459 g/mol. The van der Waals surface area contributed by atoms with Gasteiger partial charge in [-0.25, -0.2) is 0 Å². The van der Waals surface area contributed by atoms with Gasteiger partial charge in [-0.1, -0.05) is 82.0 Å². The molecule has 194 valence electrons. The van der Waals surface area contributed by atoms with Crippen LogP contribution >= 0.6 is 23.2 Å². The van der Waals surface area contributed by atoms with Crippen LogP contribution in [0, 0.1) is 46.3 Å². The molecule has 0 aromatic carbocycles. The molecule has 0 heterocycles. The van der Waals surface area contributed by atoms with Gasteiger partial charge < -0.3 is 0 Å². The minimum Gasteiger partial charge on any atom is -0.298 e. The Hall–Kier alpha value is 0.250. The molecule has 5 aliphatic rings. The smallest absolute Gasteiger partial charge is 0.151 e. The summed E-state index contributed by atoms with van der Waals surface area (Å²) in [4.78, 5) is 13.9. The highest BCUT2D eigenvalue weighted by Crippen LogP contribution is 2.75. The normalized spacial score (nSPS) is 47.0. The molecular formula is C31H50Cl2O. The quantitative estimate of drug-likeness (QED) is 0.337. The van der Waals surface area contributed by atoms with Crippen LogP contribution in [-0.2, 0) is 4.79 Å². The molecule has 0 amide bonds. The molecule has 0 aromatic rings. The average Bonchev–Trinajstić information content (AvgIpc) is 2.89. The van der Waals surface area contributed by atoms with E-state index >= 15 is 0 Å². The number of Topliss-reactive ketones (excluding diaryl/α,β-unsaturated/α-hetero) is 1. The van der Waals surface area contributed by atoms with Gasteiger partial charge in [0.05, 0.1) is 10.8 Å². The summed E-state index contributed by atoms with van der Waals surface area (Å²) >= 11 is 14.5. The van der Waals surface area contributed by atoms with E-state index in [-0.39, 0.29) is 0 Å². The zero-order valence-corrected chi connectivity index (χ0v) is 23.6. The maximum absolute atomic E-state index is 13.9. The number of ketones is 1. The van der Waals surface area contributed by atoms with Crippen molar-refractivity contribution in [1.29, 1.82) is 0 Å². The maximum atomic E-state index is 13.9. The highest BCUT2D eigenvalue weighted by molar-refractivity contribution is 6.55. The summed E-state index contributed by atoms with van der Waals surface area (Å²) in [5.74, 6) is 5.77. The minimum absolute atomic E-state index is 0.432. The molecule has 0 unspecified atom stereocenters. The number of carbonyl (C=O) groups is 1. The number of hydrogen-bond acceptors (Lipinski definition) is 1. The van der Waals surface area contributed by atoms with E-state index in [1.165, 1.54) is 96.3 Å². The van der Waals surface area contributed by atoms with Crippen molar-refractivity contribution in [3.05, 3.63) is 0 Å². The molecule has 5 aliphatic carbocycles. The summed E-state index contributed by atoms with van der Waals surface area (Å²) in [5.41, 5.74) is -0.865. The monoisotopic (exact) mass is 508 g/mol. The molecule has 0 saturated heterocycles. The van der Waals surface area contributed by atoms with Crippen molar-refractivity contribution in [3.8, 4) is 0 Å². The first-order valence-electron chi connectivity index (χ1n) is 15.3. The molecule has 0 radical (unpaired) electrons. The van der Waals surface area contributed by atoms with Crippen LogP contribution in [0.25, 0.3) is 0 Å². The molecule has 0 aliphatic heterocycles. The van der Waals surface area contributed by atoms with Gasteiger partial charge in [0.25, 0.3) is 0 Å². The summed E-state index contributed by atoms with van der Waals surface area (Å²) in [6.45, 7) is 4.67. The zero-order valence-electron chi connectivity index (χ0n) is 22.1. The summed E-state index contributed by atoms with van der Waals surface area (Å²) in [5, 5.41) is 0. The molecule has 5 fully saturated rings. The van der Waals surface area contributed by atoms with Gasteiger partial charge in [-0.15, -0.1) is 0 Å². The molecule has 0 N–H and O–H groups in total. The van der Waals surface area contributed by atoms with Gasteiger partial charge in [-0.05, 0) is 113 Å². The van der Waals surface area contributed by atoms with Crippen molar-refractivity contribution in [2.75, 3.05) is 0 Å². The topological polar surface area (TPSA) is 17.1 Å². The Balaban J connectivity index is 1.15. The molecule has 1 nitrogen and oxygen atoms in total. The third kappa shape index (κ3) is 4.14. The van der Waals surface area contributed by atoms with E-state index in [0.717, 1.165) is 61.2 Å². The van der Waals surface area contributed by atoms with Crippen LogP contribution in [-0.4, -0.2) is 10.1 Å². The Labute approximate surface area is 219 Å². The summed E-state index contributed by atoms with van der Waals surface area (Å²) < 4.78 is -0.828. The Morgan fingerprint density at radius 1 is 0.618 bits per heavy atom. The summed E-state index contributed by atoms with van der Waals surface area (Å²) in [6.07, 6.45) is 23.9. The zero-order chi connectivity index (χ0) is 24.0. The maximum Gasteiger partial charge on any atom is 0.151 e. The molecule has 3 heteroatoms. The number of carbonyl (C=O) groups excluding carboxylic acids is 1. The molecule has 5 saturated carbocycles. The van der Waals surface area contributed by atoms with E-state index in [9.17, 15) is 4.79 Å². The van der Waals surface area contributed by atoms with Gasteiger partial charge in [0.2, 0.25) is 0 Å². The summed E-state index contributed by atoms with van der Waals surface area (Å²) in [7, 11) is 0. The second-order valence-electron chi connectivity index (χ2n) is 13.5. The number of hydrogen-bond donors (Lipinski definition) is 0. The van der Waals surface area contributed by atoms with Gasteiger partial charge in [0.15, 0.2) is 5.78 Å². The fraction of sp³-hybridized carbons (Fsp3) is 0.968. The van der Waals surface area contributed by atoms with E-state index < -0.39 is 15.2 Å². The number of alkyl halides is 2. The minimum atomic E-state index is -0.828. The van der Waals surface area contributed by atoms with Gasteiger partial charge in [0, 0.05) is 0 Å². The van der Waals surface area contributed by atoms with Crippen LogP contribution in [0.5, 0.6) is 0 Å². The Kier molecular flexibility index (Phi) is 7.76. The van der Waals surface area contributed by atoms with Crippen LogP contribution in [0.4, 0.5) is 0 Å². The molecule has 0 atom stereocenters. The lowest BCUT2D eigenvalue weighted by Crippen LogP contribution is -2.74. The van der Waals surface area contributed by atoms with E-state index in [1.54, 1.807) is 0 Å². The third-order valence-corrected chi connectivity index (χ3v) is 13.7. The van der Waals surface area contributed by atoms with Crippen LogP contribution < -0.4 is 0 Å². The molecule has 0 bridgehead atoms. The predicted octanol–water partition coefficient (Wildman–Crippen LogP) is 9.92. The van der Waals surface area contributed by atoms with Crippen molar-refractivity contribution in [3.63, 3.8) is 0 Å². The Bertz CT molecular complexity index is 697. The first-order valence-corrected chi connectivity index (χ1v) is 16.0. The lowest BCUT2D eigenvalue weighted by atomic mass is 9.41. The highest BCUT2D eigenvalue weighted by Gasteiger charge is 2.79. The van der Waals surface area contributed by atoms with Crippen LogP contribution in [0.3, 0.4) is 0 Å². The van der Waals surface area contributed by atoms with Crippen molar-refractivity contribution < 1.29 is 4.79 Å². The van der Waals surface area contributed by atoms with Gasteiger partial charge in [0.1, 0.15) is 4.33 Å². The van der Waals surface area contributed by atoms with E-state index in [0.29, 0.717) is 5.78 Å². The molecule has 0 aromatic heterocycles. The predicted molar refractivity (Wildman–Crippen MR) is 144 cm³/mol. The lowest BCUT2D eigenvalue weighted by molar-refractivity contribution is -0.173. The Morgan fingerprint density at radius 3 is 1.35 bits per heavy atom. The van der Waals surface area contributed by atoms with Gasteiger partial charge >= 0.3 is 0 Å². The molecule has 2 spiro atoms. The largest absolute Gasteiger partial charge is 0.298 e. The lowest BCUT2D eigenvalue weighted by Gasteiger charge is -2.67. The first kappa shape index (κ1) is 25.9. The van der Waals surface area contributed by atoms with Crippen molar-refractivity contribution in [2.24, 2.45) is 46.3 Å². The van der Waals surface area contributed by atoms with Crippen molar-refractivity contribution in [2.45, 2.75) is 140 Å². The van der Waals surface area contributed by atoms with E-state index in [2.05, 4.69) is 13.8 Å². The second kappa shape index (κ2) is 10.2. The molecule has 34 heavy (non-hydrogen) atoms. The van der Waals surface area contributed by atoms with Crippen LogP contribution in [0.2, 0.25) is 0 Å². The number of rotatable bonds is 5. The summed E-state index contributed by atoms with van der Waals surface area (Å²) in [6, 6.07) is 0. The molecule has 5 rings (SSSR count). The van der Waals surface area contributed by atoms with Crippen LogP contribution in [0.15, 0.2) is 0 Å². The SMILES string of the molecule is CCCC1CCC(C2CCC3(CC2)C(=O)C2(CCC(C4CCC(CC)CC4)CC2)C3(Cl)Cl)CC1. The van der Waals surface area contributed by atoms with E-state index in [1.807, 2.05) is 0 Å². The number of halogens is 2. The van der Waals surface area contributed by atoms with Gasteiger partial charge in [-0.2, -0.15) is 0 Å². The Morgan fingerprint density at radius 2 is 1.00 bits per heavy atom. The fourth-order valence-electron chi connectivity index (χ4n) is 9.85. The average molecular weight is 510 g/mol. The second-order valence-corrected chi connectivity index (χ2v) is 14.8. The third-order valence-electron chi connectivity index (χ3n) is 12.2. The first-order chi connectivity index (χ1) is 16.4. The van der Waals surface area contributed by atoms with Crippen molar-refractivity contribution in [1.82, 2.24) is 0 Å². The fourth-order valence-corrected chi connectivity index (χ4v) is 11.0. The van der Waals surface area contributed by atoms with Crippen LogP contribution in [0.1, 0.15) is 136 Å². The van der Waals surface area contributed by atoms with Gasteiger partial charge in [-0.3, -0.25) is 4.79 Å². The standard InChI is InChI=1S/C31H50Cl2O/c1-3-5-23-8-12-25(13-9-23)27-16-20-30(21-17-27)28(34)29(31(30,32)33)18-14-26(15-19-29)24-10-6-22(4-2)7-11-24/h22-27H,3-21H2,1-2H3. The van der Waals surface area contributed by atoms with Crippen molar-refractivity contribution >= 4 is 29.0 Å².